The summed E-state index contributed by atoms with van der Waals surface area (Å²) < 4.78 is 0. The second-order valence-corrected chi connectivity index (χ2v) is 6.94. The van der Waals surface area contributed by atoms with Crippen LogP contribution in [0.15, 0.2) is 24.3 Å². The van der Waals surface area contributed by atoms with Crippen LogP contribution in [0.25, 0.3) is 0 Å². The minimum atomic E-state index is 0.665. The fourth-order valence-electron chi connectivity index (χ4n) is 3.63. The van der Waals surface area contributed by atoms with Crippen LogP contribution in [-0.2, 0) is 6.54 Å². The average Bonchev–Trinajstić information content (AvgIpc) is 3.30. The molecule has 2 aliphatic rings. The van der Waals surface area contributed by atoms with Crippen LogP contribution in [-0.4, -0.2) is 6.04 Å². The van der Waals surface area contributed by atoms with Crippen molar-refractivity contribution in [3.8, 4) is 0 Å². The van der Waals surface area contributed by atoms with Crippen LogP contribution in [0.5, 0.6) is 0 Å². The molecule has 1 N–H and O–H groups in total. The molecule has 110 valence electrons. The normalized spacial score (nSPS) is 22.4. The number of nitrogens with one attached hydrogen (secondary N) is 1. The van der Waals surface area contributed by atoms with E-state index in [4.69, 9.17) is 0 Å². The lowest BCUT2D eigenvalue weighted by Crippen LogP contribution is -2.32. The molecular weight excluding hydrogens is 242 g/mol. The molecule has 1 nitrogen and oxygen atoms in total. The molecule has 0 unspecified atom stereocenters. The highest BCUT2D eigenvalue weighted by atomic mass is 14.9. The van der Waals surface area contributed by atoms with Crippen LogP contribution >= 0.6 is 0 Å². The van der Waals surface area contributed by atoms with Gasteiger partial charge in [-0.25, -0.2) is 0 Å². The second kappa shape index (κ2) is 6.76. The van der Waals surface area contributed by atoms with E-state index in [1.165, 1.54) is 56.9 Å². The number of hydrogen-bond acceptors (Lipinski definition) is 1. The van der Waals surface area contributed by atoms with E-state index in [9.17, 15) is 0 Å². The third-order valence-corrected chi connectivity index (χ3v) is 5.23. The van der Waals surface area contributed by atoms with Gasteiger partial charge in [0.2, 0.25) is 0 Å². The molecule has 0 saturated heterocycles. The molecule has 2 aliphatic carbocycles. The first-order chi connectivity index (χ1) is 9.83. The van der Waals surface area contributed by atoms with Crippen molar-refractivity contribution in [3.05, 3.63) is 35.4 Å². The van der Waals surface area contributed by atoms with E-state index in [0.717, 1.165) is 18.4 Å². The van der Waals surface area contributed by atoms with Crippen LogP contribution in [0.3, 0.4) is 0 Å². The number of rotatable bonds is 5. The predicted molar refractivity (Wildman–Crippen MR) is 85.9 cm³/mol. The Labute approximate surface area is 124 Å². The third kappa shape index (κ3) is 3.85. The molecule has 3 rings (SSSR count). The Kier molecular flexibility index (Phi) is 4.77. The average molecular weight is 271 g/mol. The maximum atomic E-state index is 3.78. The zero-order chi connectivity index (χ0) is 13.8. The van der Waals surface area contributed by atoms with E-state index in [-0.39, 0.29) is 0 Å². The molecule has 1 aromatic rings. The summed E-state index contributed by atoms with van der Waals surface area (Å²) in [4.78, 5) is 0. The standard InChI is InChI=1S/C19H29N/c1-15(17-8-4-2-3-5-9-17)20-14-16-7-6-10-19(13-16)18-11-12-18/h6-7,10,13,15,17-18,20H,2-5,8-9,11-12,14H2,1H3/t15-/m0/s1. The molecule has 0 bridgehead atoms. The Morgan fingerprint density at radius 1 is 1.05 bits per heavy atom. The van der Waals surface area contributed by atoms with Crippen molar-refractivity contribution in [3.63, 3.8) is 0 Å². The second-order valence-electron chi connectivity index (χ2n) is 6.94. The van der Waals surface area contributed by atoms with E-state index in [1.807, 2.05) is 0 Å². The summed E-state index contributed by atoms with van der Waals surface area (Å²) >= 11 is 0. The van der Waals surface area contributed by atoms with Gasteiger partial charge in [0.05, 0.1) is 0 Å². The first-order valence-electron chi connectivity index (χ1n) is 8.65. The van der Waals surface area contributed by atoms with Crippen molar-refractivity contribution in [1.29, 1.82) is 0 Å². The maximum Gasteiger partial charge on any atom is 0.0208 e. The van der Waals surface area contributed by atoms with Gasteiger partial charge < -0.3 is 5.32 Å². The minimum absolute atomic E-state index is 0.665. The molecule has 0 amide bonds. The van der Waals surface area contributed by atoms with Crippen molar-refractivity contribution in [2.75, 3.05) is 0 Å². The lowest BCUT2D eigenvalue weighted by atomic mass is 9.93. The molecule has 1 atom stereocenters. The van der Waals surface area contributed by atoms with E-state index in [1.54, 1.807) is 5.56 Å². The van der Waals surface area contributed by atoms with Crippen molar-refractivity contribution in [2.24, 2.45) is 5.92 Å². The summed E-state index contributed by atoms with van der Waals surface area (Å²) in [7, 11) is 0. The number of benzene rings is 1. The summed E-state index contributed by atoms with van der Waals surface area (Å²) in [5.74, 6) is 1.76. The lowest BCUT2D eigenvalue weighted by Gasteiger charge is -2.23. The molecule has 0 heterocycles. The Hall–Kier alpha value is -0.820. The summed E-state index contributed by atoms with van der Waals surface area (Å²) in [6, 6.07) is 9.90. The first-order valence-corrected chi connectivity index (χ1v) is 8.65. The zero-order valence-corrected chi connectivity index (χ0v) is 12.9. The van der Waals surface area contributed by atoms with Crippen molar-refractivity contribution in [2.45, 2.75) is 76.8 Å². The third-order valence-electron chi connectivity index (χ3n) is 5.23. The highest BCUT2D eigenvalue weighted by Gasteiger charge is 2.23. The van der Waals surface area contributed by atoms with Crippen molar-refractivity contribution >= 4 is 0 Å². The topological polar surface area (TPSA) is 12.0 Å². The fourth-order valence-corrected chi connectivity index (χ4v) is 3.63. The first kappa shape index (κ1) is 14.1. The summed E-state index contributed by atoms with van der Waals surface area (Å²) in [6.45, 7) is 3.43. The van der Waals surface area contributed by atoms with Crippen LogP contribution < -0.4 is 5.32 Å². The van der Waals surface area contributed by atoms with Gasteiger partial charge in [-0.1, -0.05) is 49.9 Å². The van der Waals surface area contributed by atoms with Crippen molar-refractivity contribution in [1.82, 2.24) is 5.32 Å². The van der Waals surface area contributed by atoms with E-state index in [2.05, 4.69) is 36.5 Å². The van der Waals surface area contributed by atoms with Gasteiger partial charge in [0.1, 0.15) is 0 Å². The molecule has 0 radical (unpaired) electrons. The molecule has 2 fully saturated rings. The van der Waals surface area contributed by atoms with Crippen molar-refractivity contribution < 1.29 is 0 Å². The lowest BCUT2D eigenvalue weighted by molar-refractivity contribution is 0.336. The van der Waals surface area contributed by atoms with E-state index >= 15 is 0 Å². The molecular formula is C19H29N. The molecule has 0 aromatic heterocycles. The van der Waals surface area contributed by atoms with Gasteiger partial charge in [-0.3, -0.25) is 0 Å². The monoisotopic (exact) mass is 271 g/mol. The Morgan fingerprint density at radius 2 is 1.80 bits per heavy atom. The number of hydrogen-bond donors (Lipinski definition) is 1. The van der Waals surface area contributed by atoms with Gasteiger partial charge in [0.15, 0.2) is 0 Å². The van der Waals surface area contributed by atoms with Gasteiger partial charge in [-0.15, -0.1) is 0 Å². The van der Waals surface area contributed by atoms with Crippen LogP contribution in [0.4, 0.5) is 0 Å². The van der Waals surface area contributed by atoms with Crippen LogP contribution in [0.2, 0.25) is 0 Å². The Morgan fingerprint density at radius 3 is 2.50 bits per heavy atom. The highest BCUT2D eigenvalue weighted by Crippen LogP contribution is 2.40. The summed E-state index contributed by atoms with van der Waals surface area (Å²) in [6.07, 6.45) is 11.4. The largest absolute Gasteiger partial charge is 0.310 e. The molecule has 2 saturated carbocycles. The molecule has 20 heavy (non-hydrogen) atoms. The minimum Gasteiger partial charge on any atom is -0.310 e. The van der Waals surface area contributed by atoms with Gasteiger partial charge in [0, 0.05) is 12.6 Å². The molecule has 1 aromatic carbocycles. The smallest absolute Gasteiger partial charge is 0.0208 e. The maximum absolute atomic E-state index is 3.78. The fraction of sp³-hybridized carbons (Fsp3) is 0.684. The molecule has 1 heteroatoms. The predicted octanol–water partition coefficient (Wildman–Crippen LogP) is 5.01. The Balaban J connectivity index is 1.51. The highest BCUT2D eigenvalue weighted by molar-refractivity contribution is 5.29. The van der Waals surface area contributed by atoms with Gasteiger partial charge >= 0.3 is 0 Å². The van der Waals surface area contributed by atoms with Gasteiger partial charge in [0.25, 0.3) is 0 Å². The van der Waals surface area contributed by atoms with Gasteiger partial charge in [-0.2, -0.15) is 0 Å². The van der Waals surface area contributed by atoms with E-state index < -0.39 is 0 Å². The SMILES string of the molecule is C[C@H](NCc1cccc(C2CC2)c1)C1CCCCCC1. The van der Waals surface area contributed by atoms with Crippen LogP contribution in [0, 0.1) is 5.92 Å². The summed E-state index contributed by atoms with van der Waals surface area (Å²) in [5, 5.41) is 3.78. The quantitative estimate of drug-likeness (QED) is 0.742. The van der Waals surface area contributed by atoms with Crippen LogP contribution in [0.1, 0.15) is 75.3 Å². The summed E-state index contributed by atoms with van der Waals surface area (Å²) in [5.41, 5.74) is 3.03. The van der Waals surface area contributed by atoms with E-state index in [0.29, 0.717) is 6.04 Å². The Bertz CT molecular complexity index is 414. The molecule has 0 spiro atoms. The zero-order valence-electron chi connectivity index (χ0n) is 12.9. The van der Waals surface area contributed by atoms with Gasteiger partial charge in [-0.05, 0) is 55.6 Å². The molecule has 0 aliphatic heterocycles.